The minimum absolute atomic E-state index is 0.0420. The van der Waals surface area contributed by atoms with Gasteiger partial charge in [0.25, 0.3) is 11.6 Å². The van der Waals surface area contributed by atoms with E-state index in [2.05, 4.69) is 20.2 Å². The van der Waals surface area contributed by atoms with Crippen molar-refractivity contribution in [1.29, 1.82) is 0 Å². The Kier molecular flexibility index (Phi) is 10.0. The third kappa shape index (κ3) is 7.92. The highest BCUT2D eigenvalue weighted by Gasteiger charge is 2.22. The molecule has 0 bridgehead atoms. The number of rotatable bonds is 13. The van der Waals surface area contributed by atoms with Crippen LogP contribution in [-0.2, 0) is 29.2 Å². The topological polar surface area (TPSA) is 130 Å². The van der Waals surface area contributed by atoms with Crippen LogP contribution >= 0.6 is 11.8 Å². The quantitative estimate of drug-likeness (QED) is 0.202. The number of aromatic nitrogens is 2. The molecular weight excluding hydrogens is 482 g/mol. The van der Waals surface area contributed by atoms with Crippen molar-refractivity contribution in [2.24, 2.45) is 0 Å². The van der Waals surface area contributed by atoms with Gasteiger partial charge in [0.15, 0.2) is 0 Å². The Labute approximate surface area is 213 Å². The molecule has 3 rings (SSSR count). The zero-order valence-corrected chi connectivity index (χ0v) is 21.0. The van der Waals surface area contributed by atoms with Crippen LogP contribution < -0.4 is 5.32 Å². The van der Waals surface area contributed by atoms with Crippen LogP contribution in [0.5, 0.6) is 0 Å². The number of ether oxygens (including phenoxy) is 1. The molecule has 0 aliphatic carbocycles. The predicted molar refractivity (Wildman–Crippen MR) is 137 cm³/mol. The van der Waals surface area contributed by atoms with Gasteiger partial charge in [0, 0.05) is 49.2 Å². The Morgan fingerprint density at radius 1 is 1.17 bits per heavy atom. The summed E-state index contributed by atoms with van der Waals surface area (Å²) in [4.78, 5) is 44.8. The fourth-order valence-electron chi connectivity index (χ4n) is 3.70. The van der Waals surface area contributed by atoms with Crippen molar-refractivity contribution in [2.75, 3.05) is 19.1 Å². The van der Waals surface area contributed by atoms with Crippen LogP contribution in [0.1, 0.15) is 33.6 Å². The van der Waals surface area contributed by atoms with Gasteiger partial charge in [-0.1, -0.05) is 24.3 Å². The number of nitrogens with one attached hydrogen (secondary N) is 2. The summed E-state index contributed by atoms with van der Waals surface area (Å²) in [7, 11) is 1.31. The molecule has 10 nitrogen and oxygen atoms in total. The number of hydrogen-bond acceptors (Lipinski definition) is 8. The Morgan fingerprint density at radius 2 is 1.92 bits per heavy atom. The lowest BCUT2D eigenvalue weighted by atomic mass is 10.1. The summed E-state index contributed by atoms with van der Waals surface area (Å²) >= 11 is 1.59. The highest BCUT2D eigenvalue weighted by molar-refractivity contribution is 7.98. The first-order valence-corrected chi connectivity index (χ1v) is 12.7. The number of nitro groups is 1. The van der Waals surface area contributed by atoms with E-state index < -0.39 is 16.9 Å². The van der Waals surface area contributed by atoms with E-state index in [-0.39, 0.29) is 11.6 Å². The summed E-state index contributed by atoms with van der Waals surface area (Å²) in [5.74, 6) is -0.100. The third-order valence-electron chi connectivity index (χ3n) is 5.50. The Hall–Kier alpha value is -3.70. The molecule has 2 N–H and O–H groups in total. The highest BCUT2D eigenvalue weighted by Crippen LogP contribution is 2.17. The minimum atomic E-state index is -0.711. The zero-order chi connectivity index (χ0) is 25.9. The van der Waals surface area contributed by atoms with Crippen molar-refractivity contribution < 1.29 is 19.2 Å². The van der Waals surface area contributed by atoms with Gasteiger partial charge in [-0.15, -0.1) is 0 Å². The molecular formula is C25H29N5O5S. The first kappa shape index (κ1) is 26.9. The number of non-ortho nitro benzene ring substituents is 1. The number of thioether (sulfide) groups is 1. The molecule has 3 aromatic rings. The van der Waals surface area contributed by atoms with Crippen molar-refractivity contribution in [3.63, 3.8) is 0 Å². The summed E-state index contributed by atoms with van der Waals surface area (Å²) in [5, 5.41) is 13.8. The molecule has 0 fully saturated rings. The Balaban J connectivity index is 1.74. The van der Waals surface area contributed by atoms with E-state index >= 15 is 0 Å². The number of nitro benzene ring substituents is 1. The van der Waals surface area contributed by atoms with Gasteiger partial charge in [-0.3, -0.25) is 19.8 Å². The number of methoxy groups -OCH3 is 1. The number of carbonyl (C=O) groups is 2. The van der Waals surface area contributed by atoms with E-state index in [9.17, 15) is 19.7 Å². The maximum atomic E-state index is 12.9. The van der Waals surface area contributed by atoms with E-state index in [1.807, 2.05) is 12.3 Å². The third-order valence-corrected chi connectivity index (χ3v) is 6.14. The predicted octanol–water partition coefficient (Wildman–Crippen LogP) is 3.54. The summed E-state index contributed by atoms with van der Waals surface area (Å²) in [6, 6.07) is 13.0. The SMILES string of the molecule is COC(=O)C(CCSC)NC(=O)c1cccc(CN(Cc2ccc([N+](=O)[O-])cc2)Cc2cnc[nH]2)c1. The van der Waals surface area contributed by atoms with Crippen LogP contribution in [0.4, 0.5) is 5.69 Å². The van der Waals surface area contributed by atoms with Crippen molar-refractivity contribution in [2.45, 2.75) is 32.1 Å². The zero-order valence-electron chi connectivity index (χ0n) is 20.2. The molecule has 1 unspecified atom stereocenters. The summed E-state index contributed by atoms with van der Waals surface area (Å²) in [5.41, 5.74) is 3.23. The number of aromatic amines is 1. The van der Waals surface area contributed by atoms with Crippen molar-refractivity contribution >= 4 is 29.3 Å². The average molecular weight is 512 g/mol. The second-order valence-electron chi connectivity index (χ2n) is 8.18. The molecule has 1 heterocycles. The van der Waals surface area contributed by atoms with Crippen molar-refractivity contribution in [1.82, 2.24) is 20.2 Å². The fraction of sp³-hybridized carbons (Fsp3) is 0.320. The molecule has 1 aromatic heterocycles. The van der Waals surface area contributed by atoms with Crippen molar-refractivity contribution in [3.05, 3.63) is 93.6 Å². The number of hydrogen-bond donors (Lipinski definition) is 2. The molecule has 0 aliphatic rings. The van der Waals surface area contributed by atoms with Gasteiger partial charge in [-0.05, 0) is 41.7 Å². The van der Waals surface area contributed by atoms with Gasteiger partial charge in [0.2, 0.25) is 0 Å². The van der Waals surface area contributed by atoms with Crippen LogP contribution in [0.25, 0.3) is 0 Å². The van der Waals surface area contributed by atoms with Gasteiger partial charge in [-0.25, -0.2) is 9.78 Å². The van der Waals surface area contributed by atoms with Crippen LogP contribution in [0.3, 0.4) is 0 Å². The van der Waals surface area contributed by atoms with Crippen LogP contribution in [-0.4, -0.2) is 56.8 Å². The first-order valence-electron chi connectivity index (χ1n) is 11.3. The largest absolute Gasteiger partial charge is 0.467 e. The molecule has 0 saturated carbocycles. The normalized spacial score (nSPS) is 11.8. The van der Waals surface area contributed by atoms with Crippen molar-refractivity contribution in [3.8, 4) is 0 Å². The number of carbonyl (C=O) groups excluding carboxylic acids is 2. The molecule has 0 radical (unpaired) electrons. The summed E-state index contributed by atoms with van der Waals surface area (Å²) in [6.45, 7) is 1.61. The number of amides is 1. The molecule has 0 saturated heterocycles. The minimum Gasteiger partial charge on any atom is -0.467 e. The number of nitrogens with zero attached hydrogens (tertiary/aromatic N) is 3. The average Bonchev–Trinajstić information content (AvgIpc) is 3.39. The van der Waals surface area contributed by atoms with Gasteiger partial charge in [0.1, 0.15) is 6.04 Å². The molecule has 1 atom stereocenters. The van der Waals surface area contributed by atoms with Gasteiger partial charge in [-0.2, -0.15) is 11.8 Å². The second kappa shape index (κ2) is 13.4. The maximum absolute atomic E-state index is 12.9. The number of imidazole rings is 1. The van der Waals surface area contributed by atoms with Gasteiger partial charge < -0.3 is 15.0 Å². The standard InChI is InChI=1S/C25H29N5O5S/c1-35-25(32)23(10-11-36-2)28-24(31)20-5-3-4-19(12-20)15-29(16-21-13-26-17-27-21)14-18-6-8-22(9-7-18)30(33)34/h3-9,12-13,17,23H,10-11,14-16H2,1-2H3,(H,26,27)(H,28,31). The summed E-state index contributed by atoms with van der Waals surface area (Å²) in [6.07, 6.45) is 5.77. The van der Waals surface area contributed by atoms with Gasteiger partial charge >= 0.3 is 5.97 Å². The Bertz CT molecular complexity index is 1150. The number of H-pyrrole nitrogens is 1. The first-order chi connectivity index (χ1) is 17.4. The molecule has 2 aromatic carbocycles. The number of benzene rings is 2. The van der Waals surface area contributed by atoms with Crippen LogP contribution in [0.2, 0.25) is 0 Å². The molecule has 36 heavy (non-hydrogen) atoms. The molecule has 1 amide bonds. The summed E-state index contributed by atoms with van der Waals surface area (Å²) < 4.78 is 4.83. The van der Waals surface area contributed by atoms with Crippen LogP contribution in [0, 0.1) is 10.1 Å². The van der Waals surface area contributed by atoms with E-state index in [0.29, 0.717) is 37.4 Å². The number of esters is 1. The molecule has 190 valence electrons. The second-order valence-corrected chi connectivity index (χ2v) is 9.16. The molecule has 0 aliphatic heterocycles. The van der Waals surface area contributed by atoms with E-state index in [1.54, 1.807) is 54.6 Å². The lowest BCUT2D eigenvalue weighted by Gasteiger charge is -2.22. The van der Waals surface area contributed by atoms with Crippen LogP contribution in [0.15, 0.2) is 61.1 Å². The molecule has 11 heteroatoms. The van der Waals surface area contributed by atoms with Gasteiger partial charge in [0.05, 0.1) is 18.4 Å². The lowest BCUT2D eigenvalue weighted by molar-refractivity contribution is -0.384. The van der Waals surface area contributed by atoms with E-state index in [4.69, 9.17) is 4.74 Å². The van der Waals surface area contributed by atoms with E-state index in [0.717, 1.165) is 16.8 Å². The van der Waals surface area contributed by atoms with E-state index in [1.165, 1.54) is 19.2 Å². The molecule has 0 spiro atoms. The maximum Gasteiger partial charge on any atom is 0.328 e. The smallest absolute Gasteiger partial charge is 0.328 e. The lowest BCUT2D eigenvalue weighted by Crippen LogP contribution is -2.42. The monoisotopic (exact) mass is 511 g/mol. The fourth-order valence-corrected chi connectivity index (χ4v) is 4.17. The highest BCUT2D eigenvalue weighted by atomic mass is 32.2. The Morgan fingerprint density at radius 3 is 2.56 bits per heavy atom.